The summed E-state index contributed by atoms with van der Waals surface area (Å²) in [5.41, 5.74) is 8.93. The lowest BCUT2D eigenvalue weighted by molar-refractivity contribution is 0.162. The highest BCUT2D eigenvalue weighted by Gasteiger charge is 2.25. The van der Waals surface area contributed by atoms with Gasteiger partial charge in [0.1, 0.15) is 0 Å². The SMILES string of the molecule is Cc1ccc(CN(C)C2CCCCC2N)cc1. The van der Waals surface area contributed by atoms with E-state index >= 15 is 0 Å². The van der Waals surface area contributed by atoms with E-state index in [4.69, 9.17) is 5.73 Å². The lowest BCUT2D eigenvalue weighted by atomic mass is 9.90. The molecule has 0 heterocycles. The van der Waals surface area contributed by atoms with Crippen LogP contribution in [0.3, 0.4) is 0 Å². The summed E-state index contributed by atoms with van der Waals surface area (Å²) in [6.45, 7) is 3.14. The van der Waals surface area contributed by atoms with Crippen LogP contribution in [-0.4, -0.2) is 24.0 Å². The Labute approximate surface area is 105 Å². The summed E-state index contributed by atoms with van der Waals surface area (Å²) < 4.78 is 0. The van der Waals surface area contributed by atoms with Crippen molar-refractivity contribution in [2.24, 2.45) is 5.73 Å². The minimum absolute atomic E-state index is 0.360. The topological polar surface area (TPSA) is 29.3 Å². The second-order valence-electron chi connectivity index (χ2n) is 5.42. The molecule has 0 radical (unpaired) electrons. The van der Waals surface area contributed by atoms with Gasteiger partial charge in [-0.3, -0.25) is 4.90 Å². The van der Waals surface area contributed by atoms with Crippen LogP contribution < -0.4 is 5.73 Å². The Morgan fingerprint density at radius 1 is 1.18 bits per heavy atom. The predicted molar refractivity (Wildman–Crippen MR) is 72.9 cm³/mol. The first-order valence-corrected chi connectivity index (χ1v) is 6.68. The third kappa shape index (κ3) is 3.30. The first-order chi connectivity index (χ1) is 8.16. The molecule has 1 saturated carbocycles. The van der Waals surface area contributed by atoms with Crippen LogP contribution >= 0.6 is 0 Å². The van der Waals surface area contributed by atoms with Crippen LogP contribution in [0.2, 0.25) is 0 Å². The highest BCUT2D eigenvalue weighted by atomic mass is 15.1. The minimum Gasteiger partial charge on any atom is -0.326 e. The van der Waals surface area contributed by atoms with Gasteiger partial charge >= 0.3 is 0 Å². The molecule has 0 aliphatic heterocycles. The molecule has 2 N–H and O–H groups in total. The van der Waals surface area contributed by atoms with E-state index in [1.807, 2.05) is 0 Å². The number of nitrogens with zero attached hydrogens (tertiary/aromatic N) is 1. The van der Waals surface area contributed by atoms with E-state index in [9.17, 15) is 0 Å². The van der Waals surface area contributed by atoms with E-state index in [0.29, 0.717) is 12.1 Å². The van der Waals surface area contributed by atoms with Gasteiger partial charge < -0.3 is 5.73 Å². The lowest BCUT2D eigenvalue weighted by Gasteiger charge is -2.36. The average Bonchev–Trinajstić information content (AvgIpc) is 2.32. The van der Waals surface area contributed by atoms with Crippen LogP contribution in [0.15, 0.2) is 24.3 Å². The normalized spacial score (nSPS) is 25.2. The van der Waals surface area contributed by atoms with Crippen molar-refractivity contribution < 1.29 is 0 Å². The predicted octanol–water partition coefficient (Wildman–Crippen LogP) is 2.70. The Morgan fingerprint density at radius 3 is 2.47 bits per heavy atom. The Balaban J connectivity index is 1.95. The fraction of sp³-hybridized carbons (Fsp3) is 0.600. The van der Waals surface area contributed by atoms with E-state index in [1.165, 1.54) is 36.8 Å². The molecule has 0 bridgehead atoms. The summed E-state index contributed by atoms with van der Waals surface area (Å²) in [7, 11) is 2.20. The molecule has 2 unspecified atom stereocenters. The van der Waals surface area contributed by atoms with Gasteiger partial charge in [0.25, 0.3) is 0 Å². The Bertz CT molecular complexity index is 344. The molecular formula is C15H24N2. The van der Waals surface area contributed by atoms with E-state index < -0.39 is 0 Å². The third-order valence-corrected chi connectivity index (χ3v) is 3.90. The van der Waals surface area contributed by atoms with Crippen LogP contribution in [-0.2, 0) is 6.54 Å². The number of likely N-dealkylation sites (N-methyl/N-ethyl adjacent to an activating group) is 1. The second kappa shape index (κ2) is 5.65. The monoisotopic (exact) mass is 232 g/mol. The van der Waals surface area contributed by atoms with Crippen molar-refractivity contribution >= 4 is 0 Å². The standard InChI is InChI=1S/C15H24N2/c1-12-7-9-13(10-8-12)11-17(2)15-6-4-3-5-14(15)16/h7-10,14-15H,3-6,11,16H2,1-2H3. The highest BCUT2D eigenvalue weighted by Crippen LogP contribution is 2.22. The number of hydrogen-bond donors (Lipinski definition) is 1. The van der Waals surface area contributed by atoms with Crippen molar-refractivity contribution in [3.05, 3.63) is 35.4 Å². The Kier molecular flexibility index (Phi) is 4.19. The largest absolute Gasteiger partial charge is 0.326 e. The van der Waals surface area contributed by atoms with Gasteiger partial charge in [0.05, 0.1) is 0 Å². The fourth-order valence-electron chi connectivity index (χ4n) is 2.79. The summed E-state index contributed by atoms with van der Waals surface area (Å²) in [5, 5.41) is 0. The molecular weight excluding hydrogens is 208 g/mol. The van der Waals surface area contributed by atoms with Gasteiger partial charge in [-0.1, -0.05) is 42.7 Å². The van der Waals surface area contributed by atoms with Crippen LogP contribution in [0.4, 0.5) is 0 Å². The Morgan fingerprint density at radius 2 is 1.82 bits per heavy atom. The van der Waals surface area contributed by atoms with Gasteiger partial charge in [-0.15, -0.1) is 0 Å². The molecule has 1 aromatic rings. The number of nitrogens with two attached hydrogens (primary N) is 1. The van der Waals surface area contributed by atoms with E-state index in [1.54, 1.807) is 0 Å². The summed E-state index contributed by atoms with van der Waals surface area (Å²) in [5.74, 6) is 0. The molecule has 2 rings (SSSR count). The molecule has 0 aromatic heterocycles. The van der Waals surface area contributed by atoms with Crippen LogP contribution in [0, 0.1) is 6.92 Å². The smallest absolute Gasteiger partial charge is 0.0247 e. The zero-order valence-electron chi connectivity index (χ0n) is 11.0. The Hall–Kier alpha value is -0.860. The van der Waals surface area contributed by atoms with Gasteiger partial charge in [-0.25, -0.2) is 0 Å². The zero-order chi connectivity index (χ0) is 12.3. The summed E-state index contributed by atoms with van der Waals surface area (Å²) in [6, 6.07) is 9.73. The fourth-order valence-corrected chi connectivity index (χ4v) is 2.79. The quantitative estimate of drug-likeness (QED) is 0.868. The molecule has 1 aromatic carbocycles. The molecule has 94 valence electrons. The summed E-state index contributed by atoms with van der Waals surface area (Å²) in [6.07, 6.45) is 5.07. The molecule has 0 spiro atoms. The first-order valence-electron chi connectivity index (χ1n) is 6.68. The maximum absolute atomic E-state index is 6.22. The van der Waals surface area contributed by atoms with Crippen molar-refractivity contribution in [2.75, 3.05) is 7.05 Å². The molecule has 0 amide bonds. The van der Waals surface area contributed by atoms with Crippen molar-refractivity contribution in [1.29, 1.82) is 0 Å². The van der Waals surface area contributed by atoms with Crippen molar-refractivity contribution in [2.45, 2.75) is 51.2 Å². The first kappa shape index (κ1) is 12.6. The van der Waals surface area contributed by atoms with E-state index in [-0.39, 0.29) is 0 Å². The van der Waals surface area contributed by atoms with Crippen LogP contribution in [0.25, 0.3) is 0 Å². The van der Waals surface area contributed by atoms with Gasteiger partial charge in [0.15, 0.2) is 0 Å². The van der Waals surface area contributed by atoms with Gasteiger partial charge in [0.2, 0.25) is 0 Å². The van der Waals surface area contributed by atoms with E-state index in [0.717, 1.165) is 6.54 Å². The van der Waals surface area contributed by atoms with Crippen molar-refractivity contribution in [3.8, 4) is 0 Å². The molecule has 17 heavy (non-hydrogen) atoms. The molecule has 0 saturated heterocycles. The number of aryl methyl sites for hydroxylation is 1. The third-order valence-electron chi connectivity index (χ3n) is 3.90. The maximum atomic E-state index is 6.22. The minimum atomic E-state index is 0.360. The van der Waals surface area contributed by atoms with Gasteiger partial charge in [-0.2, -0.15) is 0 Å². The zero-order valence-corrected chi connectivity index (χ0v) is 11.0. The van der Waals surface area contributed by atoms with Crippen molar-refractivity contribution in [1.82, 2.24) is 4.90 Å². The molecule has 2 heteroatoms. The van der Waals surface area contributed by atoms with Crippen LogP contribution in [0.1, 0.15) is 36.8 Å². The molecule has 2 atom stereocenters. The van der Waals surface area contributed by atoms with Crippen LogP contribution in [0.5, 0.6) is 0 Å². The molecule has 1 aliphatic carbocycles. The summed E-state index contributed by atoms with van der Waals surface area (Å²) in [4.78, 5) is 2.43. The second-order valence-corrected chi connectivity index (χ2v) is 5.42. The van der Waals surface area contributed by atoms with E-state index in [2.05, 4.69) is 43.1 Å². The number of rotatable bonds is 3. The van der Waals surface area contributed by atoms with Crippen molar-refractivity contribution in [3.63, 3.8) is 0 Å². The molecule has 2 nitrogen and oxygen atoms in total. The number of hydrogen-bond acceptors (Lipinski definition) is 2. The lowest BCUT2D eigenvalue weighted by Crippen LogP contribution is -2.47. The van der Waals surface area contributed by atoms with Gasteiger partial charge in [-0.05, 0) is 32.4 Å². The summed E-state index contributed by atoms with van der Waals surface area (Å²) >= 11 is 0. The highest BCUT2D eigenvalue weighted by molar-refractivity contribution is 5.21. The number of benzene rings is 1. The molecule has 1 aliphatic rings. The van der Waals surface area contributed by atoms with Gasteiger partial charge in [0, 0.05) is 18.6 Å². The maximum Gasteiger partial charge on any atom is 0.0247 e. The average molecular weight is 232 g/mol. The molecule has 1 fully saturated rings.